The number of nitrogen functional groups attached to an aromatic ring is 1. The summed E-state index contributed by atoms with van der Waals surface area (Å²) in [5.74, 6) is -0.436. The monoisotopic (exact) mass is 376 g/mol. The number of halogens is 1. The second kappa shape index (κ2) is 7.03. The molecule has 0 bridgehead atoms. The van der Waals surface area contributed by atoms with Crippen molar-refractivity contribution in [2.24, 2.45) is 0 Å². The Morgan fingerprint density at radius 1 is 1.04 bits per heavy atom. The van der Waals surface area contributed by atoms with Crippen LogP contribution < -0.4 is 16.4 Å². The molecule has 0 unspecified atom stereocenters. The highest BCUT2D eigenvalue weighted by Crippen LogP contribution is 2.34. The molecule has 2 amide bonds. The Balaban J connectivity index is 1.54. The molecular weight excluding hydrogens is 359 g/mol. The van der Waals surface area contributed by atoms with Gasteiger partial charge in [0.25, 0.3) is 0 Å². The fourth-order valence-electron chi connectivity index (χ4n) is 3.03. The molecule has 3 aromatic carbocycles. The van der Waals surface area contributed by atoms with Crippen LogP contribution in [0.15, 0.2) is 65.2 Å². The van der Waals surface area contributed by atoms with Gasteiger partial charge in [-0.15, -0.1) is 0 Å². The smallest absolute Gasteiger partial charge is 0.323 e. The third-order valence-electron chi connectivity index (χ3n) is 4.34. The summed E-state index contributed by atoms with van der Waals surface area (Å²) in [6, 6.07) is 17.3. The fourth-order valence-corrected chi connectivity index (χ4v) is 3.03. The van der Waals surface area contributed by atoms with Gasteiger partial charge < -0.3 is 20.9 Å². The lowest BCUT2D eigenvalue weighted by Crippen LogP contribution is -2.19. The van der Waals surface area contributed by atoms with Gasteiger partial charge in [-0.05, 0) is 53.9 Å². The number of aryl methyl sites for hydroxylation is 1. The molecule has 0 saturated carbocycles. The predicted octanol–water partition coefficient (Wildman–Crippen LogP) is 5.17. The summed E-state index contributed by atoms with van der Waals surface area (Å²) in [5.41, 5.74) is 9.78. The molecule has 6 nitrogen and oxygen atoms in total. The summed E-state index contributed by atoms with van der Waals surface area (Å²) < 4.78 is 18.8. The average molecular weight is 376 g/mol. The molecule has 0 aliphatic rings. The lowest BCUT2D eigenvalue weighted by molar-refractivity contribution is 0.262. The second-order valence-corrected chi connectivity index (χ2v) is 6.39. The van der Waals surface area contributed by atoms with Crippen LogP contribution in [0.2, 0.25) is 0 Å². The van der Waals surface area contributed by atoms with Crippen molar-refractivity contribution in [2.45, 2.75) is 6.92 Å². The van der Waals surface area contributed by atoms with Gasteiger partial charge in [-0.2, -0.15) is 0 Å². The van der Waals surface area contributed by atoms with Gasteiger partial charge in [0.2, 0.25) is 5.88 Å². The molecule has 4 N–H and O–H groups in total. The Kier molecular flexibility index (Phi) is 4.41. The Bertz CT molecular complexity index is 1170. The molecule has 7 heteroatoms. The van der Waals surface area contributed by atoms with Crippen molar-refractivity contribution in [1.29, 1.82) is 0 Å². The molecule has 4 rings (SSSR count). The number of benzene rings is 3. The summed E-state index contributed by atoms with van der Waals surface area (Å²) in [6.45, 7) is 1.95. The van der Waals surface area contributed by atoms with E-state index in [0.717, 1.165) is 11.1 Å². The van der Waals surface area contributed by atoms with E-state index in [9.17, 15) is 9.18 Å². The molecule has 0 fully saturated rings. The van der Waals surface area contributed by atoms with Gasteiger partial charge in [0.15, 0.2) is 11.3 Å². The number of hydrogen-bond donors (Lipinski definition) is 3. The van der Waals surface area contributed by atoms with E-state index in [1.165, 1.54) is 6.07 Å². The van der Waals surface area contributed by atoms with Crippen molar-refractivity contribution in [3.05, 3.63) is 72.0 Å². The number of nitrogens with zero attached hydrogens (tertiary/aromatic N) is 1. The third kappa shape index (κ3) is 3.37. The maximum Gasteiger partial charge on any atom is 0.323 e. The maximum absolute atomic E-state index is 13.9. The first-order valence-corrected chi connectivity index (χ1v) is 8.60. The third-order valence-corrected chi connectivity index (χ3v) is 4.34. The topological polar surface area (TPSA) is 93.2 Å². The summed E-state index contributed by atoms with van der Waals surface area (Å²) in [4.78, 5) is 12.2. The molecule has 0 aliphatic carbocycles. The van der Waals surface area contributed by atoms with E-state index >= 15 is 0 Å². The number of nitrogens with two attached hydrogens (primary N) is 1. The largest absolute Gasteiger partial charge is 0.367 e. The minimum absolute atomic E-state index is 0.0595. The minimum Gasteiger partial charge on any atom is -0.367 e. The summed E-state index contributed by atoms with van der Waals surface area (Å²) in [5, 5.41) is 9.65. The number of anilines is 3. The fraction of sp³-hybridized carbons (Fsp3) is 0.0476. The maximum atomic E-state index is 13.9. The number of nitrogens with one attached hydrogen (secondary N) is 2. The molecule has 1 aromatic heterocycles. The molecule has 0 spiro atoms. The van der Waals surface area contributed by atoms with Gasteiger partial charge >= 0.3 is 6.03 Å². The van der Waals surface area contributed by atoms with Crippen molar-refractivity contribution in [3.63, 3.8) is 0 Å². The van der Waals surface area contributed by atoms with Crippen LogP contribution in [0.1, 0.15) is 5.56 Å². The molecule has 1 heterocycles. The van der Waals surface area contributed by atoms with Gasteiger partial charge in [-0.3, -0.25) is 0 Å². The number of urea groups is 1. The number of hydrogen-bond acceptors (Lipinski definition) is 4. The van der Waals surface area contributed by atoms with E-state index in [0.29, 0.717) is 22.3 Å². The van der Waals surface area contributed by atoms with Crippen LogP contribution in [0, 0.1) is 12.7 Å². The van der Waals surface area contributed by atoms with E-state index in [2.05, 4.69) is 15.8 Å². The SMILES string of the molecule is Cc1cccc(NC(=O)Nc2ccc(-c3ccc(F)c4noc(N)c34)cc2)c1. The van der Waals surface area contributed by atoms with Crippen molar-refractivity contribution in [2.75, 3.05) is 16.4 Å². The zero-order valence-corrected chi connectivity index (χ0v) is 15.0. The van der Waals surface area contributed by atoms with Crippen molar-refractivity contribution >= 4 is 34.2 Å². The summed E-state index contributed by atoms with van der Waals surface area (Å²) >= 11 is 0. The second-order valence-electron chi connectivity index (χ2n) is 6.39. The van der Waals surface area contributed by atoms with E-state index in [1.54, 1.807) is 30.3 Å². The van der Waals surface area contributed by atoms with Gasteiger partial charge in [-0.25, -0.2) is 9.18 Å². The normalized spacial score (nSPS) is 10.8. The molecule has 0 aliphatic heterocycles. The Hall–Kier alpha value is -3.87. The van der Waals surface area contributed by atoms with Gasteiger partial charge in [0, 0.05) is 11.4 Å². The van der Waals surface area contributed by atoms with Crippen LogP contribution in [0.3, 0.4) is 0 Å². The van der Waals surface area contributed by atoms with E-state index < -0.39 is 5.82 Å². The van der Waals surface area contributed by atoms with E-state index in [1.807, 2.05) is 31.2 Å². The van der Waals surface area contributed by atoms with E-state index in [-0.39, 0.29) is 17.4 Å². The highest BCUT2D eigenvalue weighted by Gasteiger charge is 2.15. The molecule has 140 valence electrons. The van der Waals surface area contributed by atoms with Crippen LogP contribution in [-0.2, 0) is 0 Å². The molecular formula is C21H17FN4O2. The van der Waals surface area contributed by atoms with Crippen molar-refractivity contribution < 1.29 is 13.7 Å². The minimum atomic E-state index is -0.495. The number of aromatic nitrogens is 1. The van der Waals surface area contributed by atoms with Gasteiger partial charge in [0.05, 0.1) is 5.39 Å². The number of amides is 2. The highest BCUT2D eigenvalue weighted by molar-refractivity contribution is 6.02. The zero-order chi connectivity index (χ0) is 19.7. The Morgan fingerprint density at radius 3 is 2.54 bits per heavy atom. The molecule has 0 radical (unpaired) electrons. The van der Waals surface area contributed by atoms with Crippen LogP contribution in [0.5, 0.6) is 0 Å². The van der Waals surface area contributed by atoms with Gasteiger partial charge in [0.1, 0.15) is 0 Å². The lowest BCUT2D eigenvalue weighted by Gasteiger charge is -2.09. The van der Waals surface area contributed by atoms with Crippen LogP contribution in [0.25, 0.3) is 22.0 Å². The van der Waals surface area contributed by atoms with Crippen LogP contribution in [-0.4, -0.2) is 11.2 Å². The van der Waals surface area contributed by atoms with Crippen molar-refractivity contribution in [1.82, 2.24) is 5.16 Å². The Morgan fingerprint density at radius 2 is 1.79 bits per heavy atom. The summed E-state index contributed by atoms with van der Waals surface area (Å²) in [7, 11) is 0. The van der Waals surface area contributed by atoms with Crippen molar-refractivity contribution in [3.8, 4) is 11.1 Å². The first-order valence-electron chi connectivity index (χ1n) is 8.60. The first-order chi connectivity index (χ1) is 13.5. The molecule has 28 heavy (non-hydrogen) atoms. The number of carbonyl (C=O) groups is 1. The van der Waals surface area contributed by atoms with Crippen LogP contribution in [0.4, 0.5) is 26.4 Å². The number of carbonyl (C=O) groups excluding carboxylic acids is 1. The molecule has 4 aromatic rings. The van der Waals surface area contributed by atoms with Crippen LogP contribution >= 0.6 is 0 Å². The number of fused-ring (bicyclic) bond motifs is 1. The average Bonchev–Trinajstić information content (AvgIpc) is 3.06. The number of rotatable bonds is 3. The highest BCUT2D eigenvalue weighted by atomic mass is 19.1. The lowest BCUT2D eigenvalue weighted by atomic mass is 10.0. The molecule has 0 atom stereocenters. The Labute approximate surface area is 160 Å². The standard InChI is InChI=1S/C21H17FN4O2/c1-12-3-2-4-15(11-12)25-21(27)24-14-7-5-13(6-8-14)16-9-10-17(22)19-18(16)20(23)28-26-19/h2-11H,23H2,1H3,(H2,24,25,27). The quantitative estimate of drug-likeness (QED) is 0.460. The predicted molar refractivity (Wildman–Crippen MR) is 108 cm³/mol. The van der Waals surface area contributed by atoms with E-state index in [4.69, 9.17) is 10.3 Å². The first kappa shape index (κ1) is 17.5. The van der Waals surface area contributed by atoms with Gasteiger partial charge in [-0.1, -0.05) is 35.5 Å². The molecule has 0 saturated heterocycles. The zero-order valence-electron chi connectivity index (χ0n) is 15.0. The summed E-state index contributed by atoms with van der Waals surface area (Å²) in [6.07, 6.45) is 0.